The summed E-state index contributed by atoms with van der Waals surface area (Å²) < 4.78 is 0.962. The van der Waals surface area contributed by atoms with Crippen LogP contribution < -0.4 is 4.90 Å². The van der Waals surface area contributed by atoms with E-state index in [1.165, 1.54) is 16.2 Å². The number of benzene rings is 2. The molecule has 0 saturated heterocycles. The number of rotatable bonds is 6. The summed E-state index contributed by atoms with van der Waals surface area (Å²) in [6.07, 6.45) is 5.82. The quantitative estimate of drug-likeness (QED) is 0.354. The fourth-order valence-corrected chi connectivity index (χ4v) is 4.61. The van der Waals surface area contributed by atoms with Gasteiger partial charge in [0.1, 0.15) is 0 Å². The minimum atomic E-state index is 0.00358. The Balaban J connectivity index is 1.65. The third-order valence-electron chi connectivity index (χ3n) is 4.48. The van der Waals surface area contributed by atoms with Gasteiger partial charge in [0.25, 0.3) is 0 Å². The maximum atomic E-state index is 13.3. The van der Waals surface area contributed by atoms with Gasteiger partial charge in [0, 0.05) is 22.3 Å². The molecule has 0 saturated carbocycles. The van der Waals surface area contributed by atoms with Crippen molar-refractivity contribution in [3.05, 3.63) is 83.1 Å². The van der Waals surface area contributed by atoms with Crippen molar-refractivity contribution < 1.29 is 4.79 Å². The van der Waals surface area contributed by atoms with Crippen molar-refractivity contribution in [2.75, 3.05) is 11.2 Å². The van der Waals surface area contributed by atoms with E-state index in [0.29, 0.717) is 23.1 Å². The van der Waals surface area contributed by atoms with E-state index in [-0.39, 0.29) is 5.91 Å². The van der Waals surface area contributed by atoms with E-state index >= 15 is 0 Å². The predicted octanol–water partition coefficient (Wildman–Crippen LogP) is 5.84. The Bertz CT molecular complexity index is 1130. The van der Waals surface area contributed by atoms with Gasteiger partial charge in [0.05, 0.1) is 23.2 Å². The van der Waals surface area contributed by atoms with Crippen LogP contribution in [0.1, 0.15) is 11.1 Å². The van der Waals surface area contributed by atoms with E-state index < -0.39 is 0 Å². The normalized spacial score (nSPS) is 11.0. The average molecular weight is 440 g/mol. The first kappa shape index (κ1) is 19.9. The van der Waals surface area contributed by atoms with Crippen LogP contribution in [0.5, 0.6) is 0 Å². The largest absolute Gasteiger partial charge is 0.283 e. The molecule has 2 aromatic heterocycles. The molecule has 0 aliphatic carbocycles. The monoisotopic (exact) mass is 439 g/mol. The molecule has 2 heterocycles. The van der Waals surface area contributed by atoms with E-state index in [1.54, 1.807) is 29.1 Å². The summed E-state index contributed by atoms with van der Waals surface area (Å²) >= 11 is 9.28. The number of hydrogen-bond donors (Lipinski definition) is 0. The molecule has 0 unspecified atom stereocenters. The molecule has 0 spiro atoms. The first-order chi connectivity index (χ1) is 14.1. The number of thiazole rings is 1. The van der Waals surface area contributed by atoms with Gasteiger partial charge in [-0.15, -0.1) is 11.8 Å². The lowest BCUT2D eigenvalue weighted by atomic mass is 10.1. The zero-order valence-corrected chi connectivity index (χ0v) is 18.1. The number of thioether (sulfide) groups is 1. The van der Waals surface area contributed by atoms with Gasteiger partial charge in [-0.2, -0.15) is 0 Å². The first-order valence-electron chi connectivity index (χ1n) is 9.00. The minimum Gasteiger partial charge on any atom is -0.283 e. The second-order valence-electron chi connectivity index (χ2n) is 6.47. The minimum absolute atomic E-state index is 0.00358. The van der Waals surface area contributed by atoms with Gasteiger partial charge < -0.3 is 0 Å². The lowest BCUT2D eigenvalue weighted by Gasteiger charge is -2.20. The molecular formula is C22H18ClN3OS2. The van der Waals surface area contributed by atoms with Crippen molar-refractivity contribution in [3.8, 4) is 0 Å². The Hall–Kier alpha value is -2.41. The molecule has 0 radical (unpaired) electrons. The van der Waals surface area contributed by atoms with E-state index in [2.05, 4.69) is 9.97 Å². The van der Waals surface area contributed by atoms with Crippen LogP contribution in [-0.2, 0) is 17.8 Å². The second kappa shape index (κ2) is 8.95. The Morgan fingerprint density at radius 1 is 1.07 bits per heavy atom. The van der Waals surface area contributed by atoms with Crippen LogP contribution in [0.25, 0.3) is 10.2 Å². The zero-order valence-electron chi connectivity index (χ0n) is 15.7. The number of nitrogens with zero attached hydrogens (tertiary/aromatic N) is 3. The molecule has 2 aromatic carbocycles. The second-order valence-corrected chi connectivity index (χ2v) is 8.79. The average Bonchev–Trinajstić information content (AvgIpc) is 3.16. The third-order valence-corrected chi connectivity index (χ3v) is 6.50. The Labute approximate surface area is 182 Å². The van der Waals surface area contributed by atoms with Crippen LogP contribution in [0.4, 0.5) is 5.13 Å². The lowest BCUT2D eigenvalue weighted by Crippen LogP contribution is -2.31. The van der Waals surface area contributed by atoms with Gasteiger partial charge in [-0.05, 0) is 59.8 Å². The Kier molecular flexibility index (Phi) is 6.13. The molecule has 0 N–H and O–H groups in total. The number of anilines is 1. The fourth-order valence-electron chi connectivity index (χ4n) is 2.95. The van der Waals surface area contributed by atoms with Gasteiger partial charge in [-0.25, -0.2) is 4.98 Å². The van der Waals surface area contributed by atoms with Crippen molar-refractivity contribution in [2.45, 2.75) is 17.9 Å². The molecule has 0 aliphatic rings. The van der Waals surface area contributed by atoms with Gasteiger partial charge in [-0.3, -0.25) is 14.7 Å². The summed E-state index contributed by atoms with van der Waals surface area (Å²) in [6, 6.07) is 17.5. The van der Waals surface area contributed by atoms with Crippen molar-refractivity contribution in [3.63, 3.8) is 0 Å². The summed E-state index contributed by atoms with van der Waals surface area (Å²) in [5, 5.41) is 1.33. The summed E-state index contributed by atoms with van der Waals surface area (Å²) in [5.74, 6) is 0.00358. The molecule has 4 rings (SSSR count). The fraction of sp³-hybridized carbons (Fsp3) is 0.136. The van der Waals surface area contributed by atoms with Crippen molar-refractivity contribution in [1.82, 2.24) is 9.97 Å². The number of carbonyl (C=O) groups excluding carboxylic acids is 1. The summed E-state index contributed by atoms with van der Waals surface area (Å²) in [7, 11) is 0. The molecule has 0 bridgehead atoms. The van der Waals surface area contributed by atoms with Crippen LogP contribution >= 0.6 is 34.7 Å². The Morgan fingerprint density at radius 3 is 2.55 bits per heavy atom. The number of pyridine rings is 1. The summed E-state index contributed by atoms with van der Waals surface area (Å²) in [5.41, 5.74) is 2.83. The van der Waals surface area contributed by atoms with Crippen molar-refractivity contribution in [2.24, 2.45) is 0 Å². The van der Waals surface area contributed by atoms with E-state index in [9.17, 15) is 4.79 Å². The molecule has 1 amide bonds. The molecule has 4 nitrogen and oxygen atoms in total. The van der Waals surface area contributed by atoms with Gasteiger partial charge in [-0.1, -0.05) is 35.1 Å². The van der Waals surface area contributed by atoms with Crippen LogP contribution in [0.2, 0.25) is 5.02 Å². The highest BCUT2D eigenvalue weighted by atomic mass is 35.5. The first-order valence-corrected chi connectivity index (χ1v) is 11.4. The zero-order chi connectivity index (χ0) is 20.2. The highest BCUT2D eigenvalue weighted by Crippen LogP contribution is 2.32. The number of fused-ring (bicyclic) bond motifs is 1. The van der Waals surface area contributed by atoms with E-state index in [1.807, 2.05) is 60.9 Å². The lowest BCUT2D eigenvalue weighted by molar-refractivity contribution is -0.118. The molecule has 7 heteroatoms. The number of amides is 1. The highest BCUT2D eigenvalue weighted by Gasteiger charge is 2.20. The van der Waals surface area contributed by atoms with E-state index in [4.69, 9.17) is 11.6 Å². The molecule has 146 valence electrons. The van der Waals surface area contributed by atoms with Crippen LogP contribution in [-0.4, -0.2) is 22.1 Å². The van der Waals surface area contributed by atoms with Crippen LogP contribution in [0, 0.1) is 0 Å². The molecule has 29 heavy (non-hydrogen) atoms. The van der Waals surface area contributed by atoms with Gasteiger partial charge in [0.2, 0.25) is 5.91 Å². The maximum absolute atomic E-state index is 13.3. The topological polar surface area (TPSA) is 46.1 Å². The molecule has 4 aromatic rings. The number of aromatic nitrogens is 2. The van der Waals surface area contributed by atoms with Crippen LogP contribution in [0.3, 0.4) is 0 Å². The molecule has 0 aliphatic heterocycles. The molecule has 0 atom stereocenters. The number of halogens is 1. The van der Waals surface area contributed by atoms with Crippen molar-refractivity contribution >= 4 is 56.0 Å². The smallest absolute Gasteiger partial charge is 0.233 e. The highest BCUT2D eigenvalue weighted by molar-refractivity contribution is 7.98. The molecule has 0 fully saturated rings. The Morgan fingerprint density at radius 2 is 1.83 bits per heavy atom. The molecular weight excluding hydrogens is 422 g/mol. The van der Waals surface area contributed by atoms with Crippen molar-refractivity contribution in [1.29, 1.82) is 0 Å². The number of hydrogen-bond acceptors (Lipinski definition) is 5. The summed E-state index contributed by atoms with van der Waals surface area (Å²) in [6.45, 7) is 0.442. The third kappa shape index (κ3) is 4.78. The SMILES string of the molecule is CSc1ccc(CC(=O)N(Cc2ccncc2)c2nc3ccc(Cl)cc3s2)cc1. The predicted molar refractivity (Wildman–Crippen MR) is 122 cm³/mol. The van der Waals surface area contributed by atoms with E-state index in [0.717, 1.165) is 21.3 Å². The van der Waals surface area contributed by atoms with Gasteiger partial charge >= 0.3 is 0 Å². The summed E-state index contributed by atoms with van der Waals surface area (Å²) in [4.78, 5) is 24.9. The standard InChI is InChI=1S/C22H18ClN3OS2/c1-28-18-5-2-15(3-6-18)12-21(27)26(14-16-8-10-24-11-9-16)22-25-19-7-4-17(23)13-20(19)29-22/h2-11,13H,12,14H2,1H3. The van der Waals surface area contributed by atoms with Gasteiger partial charge in [0.15, 0.2) is 5.13 Å². The maximum Gasteiger partial charge on any atom is 0.233 e. The number of carbonyl (C=O) groups is 1. The van der Waals surface area contributed by atoms with Crippen LogP contribution in [0.15, 0.2) is 71.9 Å².